The maximum Gasteiger partial charge on any atom is 0.352 e. The van der Waals surface area contributed by atoms with Gasteiger partial charge in [-0.25, -0.2) is 4.79 Å². The van der Waals surface area contributed by atoms with Crippen LogP contribution in [0.25, 0.3) is 10.9 Å². The predicted octanol–water partition coefficient (Wildman–Crippen LogP) is 3.99. The number of rotatable bonds is 7. The minimum atomic E-state index is -0.882. The summed E-state index contributed by atoms with van der Waals surface area (Å²) in [6.45, 7) is 2.70. The second-order valence-corrected chi connectivity index (χ2v) is 6.51. The molecule has 3 rings (SSSR count). The van der Waals surface area contributed by atoms with Crippen LogP contribution in [0.5, 0.6) is 0 Å². The molecule has 0 aliphatic rings. The van der Waals surface area contributed by atoms with Gasteiger partial charge in [0.15, 0.2) is 0 Å². The van der Waals surface area contributed by atoms with Gasteiger partial charge in [0.2, 0.25) is 0 Å². The van der Waals surface area contributed by atoms with E-state index in [0.717, 1.165) is 29.3 Å². The number of hydrogen-bond donors (Lipinski definition) is 2. The number of para-hydroxylation sites is 1. The number of aromatic carboxylic acids is 1. The van der Waals surface area contributed by atoms with Crippen molar-refractivity contribution in [1.82, 2.24) is 9.88 Å². The normalized spacial score (nSPS) is 12.4. The summed E-state index contributed by atoms with van der Waals surface area (Å²) in [7, 11) is 1.81. The van der Waals surface area contributed by atoms with Gasteiger partial charge in [0.05, 0.1) is 0 Å². The molecular weight excluding hydrogens is 312 g/mol. The Kier molecular flexibility index (Phi) is 5.19. The molecule has 1 heterocycles. The van der Waals surface area contributed by atoms with Crippen LogP contribution in [0, 0.1) is 0 Å². The third-order valence-electron chi connectivity index (χ3n) is 4.75. The van der Waals surface area contributed by atoms with Crippen LogP contribution in [0.3, 0.4) is 0 Å². The number of hydrogen-bond acceptors (Lipinski definition) is 2. The van der Waals surface area contributed by atoms with Crippen LogP contribution >= 0.6 is 0 Å². The first-order chi connectivity index (χ1) is 12.1. The van der Waals surface area contributed by atoms with Gasteiger partial charge in [-0.2, -0.15) is 0 Å². The average molecular weight is 336 g/mol. The quantitative estimate of drug-likeness (QED) is 0.686. The Labute approximate surface area is 148 Å². The molecule has 0 saturated carbocycles. The van der Waals surface area contributed by atoms with Gasteiger partial charge >= 0.3 is 5.97 Å². The number of nitrogens with zero attached hydrogens (tertiary/aromatic N) is 1. The molecule has 0 saturated heterocycles. The molecule has 0 aliphatic carbocycles. The summed E-state index contributed by atoms with van der Waals surface area (Å²) in [5.74, 6) is -0.882. The fraction of sp³-hybridized carbons (Fsp3) is 0.286. The van der Waals surface area contributed by atoms with Crippen molar-refractivity contribution < 1.29 is 9.90 Å². The molecule has 0 amide bonds. The van der Waals surface area contributed by atoms with Crippen LogP contribution in [-0.4, -0.2) is 21.7 Å². The van der Waals surface area contributed by atoms with Gasteiger partial charge in [-0.1, -0.05) is 48.5 Å². The summed E-state index contributed by atoms with van der Waals surface area (Å²) in [6.07, 6.45) is 2.02. The molecule has 1 atom stereocenters. The van der Waals surface area contributed by atoms with Crippen molar-refractivity contribution in [1.29, 1.82) is 0 Å². The van der Waals surface area contributed by atoms with E-state index in [-0.39, 0.29) is 0 Å². The highest BCUT2D eigenvalue weighted by Gasteiger charge is 2.20. The van der Waals surface area contributed by atoms with Gasteiger partial charge in [-0.3, -0.25) is 0 Å². The highest BCUT2D eigenvalue weighted by molar-refractivity contribution is 5.98. The smallest absolute Gasteiger partial charge is 0.352 e. The lowest BCUT2D eigenvalue weighted by Gasteiger charge is -2.14. The summed E-state index contributed by atoms with van der Waals surface area (Å²) in [5.41, 5.74) is 3.50. The lowest BCUT2D eigenvalue weighted by atomic mass is 10.1. The fourth-order valence-electron chi connectivity index (χ4n) is 3.33. The molecule has 0 spiro atoms. The Balaban J connectivity index is 1.72. The van der Waals surface area contributed by atoms with E-state index in [1.165, 1.54) is 5.56 Å². The highest BCUT2D eigenvalue weighted by atomic mass is 16.4. The highest BCUT2D eigenvalue weighted by Crippen LogP contribution is 2.25. The van der Waals surface area contributed by atoms with Gasteiger partial charge in [0.1, 0.15) is 5.69 Å². The van der Waals surface area contributed by atoms with Gasteiger partial charge in [0.25, 0.3) is 0 Å². The van der Waals surface area contributed by atoms with E-state index in [2.05, 4.69) is 36.5 Å². The van der Waals surface area contributed by atoms with Gasteiger partial charge in [-0.05, 0) is 31.4 Å². The molecule has 2 aromatic carbocycles. The van der Waals surface area contributed by atoms with Gasteiger partial charge in [0, 0.05) is 36.1 Å². The summed E-state index contributed by atoms with van der Waals surface area (Å²) in [5, 5.41) is 14.1. The van der Waals surface area contributed by atoms with E-state index < -0.39 is 5.97 Å². The Morgan fingerprint density at radius 3 is 2.52 bits per heavy atom. The van der Waals surface area contributed by atoms with Crippen LogP contribution in [0.15, 0.2) is 54.6 Å². The molecule has 0 radical (unpaired) electrons. The second kappa shape index (κ2) is 7.53. The molecule has 25 heavy (non-hydrogen) atoms. The lowest BCUT2D eigenvalue weighted by molar-refractivity contribution is 0.0685. The average Bonchev–Trinajstić information content (AvgIpc) is 2.91. The Morgan fingerprint density at radius 1 is 1.12 bits per heavy atom. The molecular formula is C21H24N2O2. The minimum absolute atomic E-state index is 0.306. The van der Waals surface area contributed by atoms with E-state index in [4.69, 9.17) is 0 Å². The maximum absolute atomic E-state index is 11.7. The minimum Gasteiger partial charge on any atom is -0.477 e. The zero-order valence-electron chi connectivity index (χ0n) is 14.7. The van der Waals surface area contributed by atoms with Crippen LogP contribution < -0.4 is 5.32 Å². The lowest BCUT2D eigenvalue weighted by Crippen LogP contribution is -2.27. The van der Waals surface area contributed by atoms with E-state index >= 15 is 0 Å². The van der Waals surface area contributed by atoms with Gasteiger partial charge < -0.3 is 15.0 Å². The van der Waals surface area contributed by atoms with Crippen molar-refractivity contribution in [2.24, 2.45) is 7.05 Å². The van der Waals surface area contributed by atoms with Crippen molar-refractivity contribution in [3.63, 3.8) is 0 Å². The van der Waals surface area contributed by atoms with Crippen molar-refractivity contribution >= 4 is 16.9 Å². The van der Waals surface area contributed by atoms with Crippen molar-refractivity contribution in [3.8, 4) is 0 Å². The molecule has 1 unspecified atom stereocenters. The first kappa shape index (κ1) is 17.2. The van der Waals surface area contributed by atoms with Crippen molar-refractivity contribution in [2.75, 3.05) is 0 Å². The van der Waals surface area contributed by atoms with E-state index in [0.29, 0.717) is 18.3 Å². The first-order valence-electron chi connectivity index (χ1n) is 8.65. The molecule has 0 fully saturated rings. The summed E-state index contributed by atoms with van der Waals surface area (Å²) in [6, 6.07) is 18.6. The topological polar surface area (TPSA) is 54.3 Å². The SMILES string of the molecule is CC(CCc1ccccc1)NCc1c(C(=O)O)n(C)c2ccccc12. The number of aryl methyl sites for hydroxylation is 2. The molecule has 1 aromatic heterocycles. The van der Waals surface area contributed by atoms with Crippen LogP contribution in [0.4, 0.5) is 0 Å². The molecule has 0 bridgehead atoms. The Morgan fingerprint density at radius 2 is 1.80 bits per heavy atom. The van der Waals surface area contributed by atoms with Gasteiger partial charge in [-0.15, -0.1) is 0 Å². The van der Waals surface area contributed by atoms with Crippen molar-refractivity contribution in [3.05, 3.63) is 71.4 Å². The molecule has 4 heteroatoms. The molecule has 3 aromatic rings. The fourth-order valence-corrected chi connectivity index (χ4v) is 3.33. The Bertz CT molecular complexity index is 868. The molecule has 130 valence electrons. The first-order valence-corrected chi connectivity index (χ1v) is 8.65. The summed E-state index contributed by atoms with van der Waals surface area (Å²) >= 11 is 0. The Hall–Kier alpha value is -2.59. The van der Waals surface area contributed by atoms with Crippen LogP contribution in [0.2, 0.25) is 0 Å². The zero-order chi connectivity index (χ0) is 17.8. The largest absolute Gasteiger partial charge is 0.477 e. The number of carboxylic acids is 1. The summed E-state index contributed by atoms with van der Waals surface area (Å²) < 4.78 is 1.77. The van der Waals surface area contributed by atoms with E-state index in [1.807, 2.05) is 37.4 Å². The third kappa shape index (κ3) is 3.74. The van der Waals surface area contributed by atoms with E-state index in [9.17, 15) is 9.90 Å². The number of carboxylic acid groups (broad SMARTS) is 1. The maximum atomic E-state index is 11.7. The molecule has 0 aliphatic heterocycles. The van der Waals surface area contributed by atoms with Crippen molar-refractivity contribution in [2.45, 2.75) is 32.4 Å². The number of fused-ring (bicyclic) bond motifs is 1. The van der Waals surface area contributed by atoms with Crippen LogP contribution in [0.1, 0.15) is 35.0 Å². The van der Waals surface area contributed by atoms with Crippen LogP contribution in [-0.2, 0) is 20.0 Å². The summed E-state index contributed by atoms with van der Waals surface area (Å²) in [4.78, 5) is 11.7. The second-order valence-electron chi connectivity index (χ2n) is 6.51. The molecule has 4 nitrogen and oxygen atoms in total. The number of benzene rings is 2. The van der Waals surface area contributed by atoms with E-state index in [1.54, 1.807) is 4.57 Å². The zero-order valence-corrected chi connectivity index (χ0v) is 14.7. The predicted molar refractivity (Wildman–Crippen MR) is 101 cm³/mol. The molecule has 2 N–H and O–H groups in total. The number of aromatic nitrogens is 1. The monoisotopic (exact) mass is 336 g/mol. The third-order valence-corrected chi connectivity index (χ3v) is 4.75. The number of carbonyl (C=O) groups is 1. The number of nitrogens with one attached hydrogen (secondary N) is 1. The standard InChI is InChI=1S/C21H24N2O2/c1-15(12-13-16-8-4-3-5-9-16)22-14-18-17-10-6-7-11-19(17)23(2)20(18)21(24)25/h3-11,15,22H,12-14H2,1-2H3,(H,24,25).